The molecule has 7 nitrogen and oxygen atoms in total. The second-order valence-corrected chi connectivity index (χ2v) is 10.2. The minimum Gasteiger partial charge on any atom is -0.477 e. The number of fused-ring (bicyclic) bond motifs is 1. The van der Waals surface area contributed by atoms with Gasteiger partial charge in [-0.2, -0.15) is 0 Å². The second kappa shape index (κ2) is 11.1. The Bertz CT molecular complexity index is 989. The van der Waals surface area contributed by atoms with E-state index in [0.29, 0.717) is 30.0 Å². The fraction of sp³-hybridized carbons (Fsp3) is 0.556. The number of halogens is 1. The van der Waals surface area contributed by atoms with Crippen molar-refractivity contribution in [3.8, 4) is 5.75 Å². The zero-order valence-corrected chi connectivity index (χ0v) is 20.8. The van der Waals surface area contributed by atoms with Crippen molar-refractivity contribution in [2.45, 2.75) is 76.5 Å². The molecule has 0 spiro atoms. The van der Waals surface area contributed by atoms with Gasteiger partial charge in [-0.15, -0.1) is 0 Å². The molecule has 2 N–H and O–H groups in total. The van der Waals surface area contributed by atoms with Crippen LogP contribution in [0.15, 0.2) is 48.1 Å². The van der Waals surface area contributed by atoms with E-state index in [4.69, 9.17) is 25.8 Å². The van der Waals surface area contributed by atoms with Crippen LogP contribution in [0.25, 0.3) is 0 Å². The quantitative estimate of drug-likeness (QED) is 0.541. The van der Waals surface area contributed by atoms with Gasteiger partial charge in [-0.05, 0) is 49.3 Å². The van der Waals surface area contributed by atoms with Crippen LogP contribution in [0, 0.1) is 17.8 Å². The first-order valence-corrected chi connectivity index (χ1v) is 12.7. The molecule has 0 radical (unpaired) electrons. The van der Waals surface area contributed by atoms with Crippen molar-refractivity contribution in [2.24, 2.45) is 17.8 Å². The molecule has 0 bridgehead atoms. The highest BCUT2D eigenvalue weighted by molar-refractivity contribution is 6.32. The SMILES string of the molecule is CC(Oc1ccccc1Cl)C(=O)O[C@H]1C[C@H](O)C=C2C=C[C@H](C)[C@H](CC[C@@H]3C[C@@H](O)CC(=O)O3)[C@H]21. The number of cyclic esters (lactones) is 1. The summed E-state index contributed by atoms with van der Waals surface area (Å²) < 4.78 is 17.1. The smallest absolute Gasteiger partial charge is 0.347 e. The number of ether oxygens (including phenoxy) is 3. The van der Waals surface area contributed by atoms with Crippen LogP contribution in [0.5, 0.6) is 5.75 Å². The largest absolute Gasteiger partial charge is 0.477 e. The molecule has 1 aromatic carbocycles. The van der Waals surface area contributed by atoms with Crippen LogP contribution < -0.4 is 4.74 Å². The van der Waals surface area contributed by atoms with Crippen molar-refractivity contribution in [2.75, 3.05) is 0 Å². The Labute approximate surface area is 210 Å². The number of hydrogen-bond donors (Lipinski definition) is 2. The van der Waals surface area contributed by atoms with Crippen molar-refractivity contribution in [1.82, 2.24) is 0 Å². The van der Waals surface area contributed by atoms with E-state index in [1.165, 1.54) is 0 Å². The summed E-state index contributed by atoms with van der Waals surface area (Å²) in [6, 6.07) is 6.93. The van der Waals surface area contributed by atoms with Crippen LogP contribution in [0.3, 0.4) is 0 Å². The topological polar surface area (TPSA) is 102 Å². The van der Waals surface area contributed by atoms with Gasteiger partial charge in [0.25, 0.3) is 0 Å². The highest BCUT2D eigenvalue weighted by Crippen LogP contribution is 2.44. The third-order valence-corrected chi connectivity index (χ3v) is 7.48. The molecule has 1 fully saturated rings. The number of rotatable bonds is 7. The molecule has 190 valence electrons. The number of allylic oxidation sites excluding steroid dienone is 2. The third kappa shape index (κ3) is 6.26. The monoisotopic (exact) mass is 504 g/mol. The number of hydrogen-bond acceptors (Lipinski definition) is 7. The summed E-state index contributed by atoms with van der Waals surface area (Å²) in [6.45, 7) is 3.73. The van der Waals surface area contributed by atoms with Crippen LogP contribution >= 0.6 is 11.6 Å². The average Bonchev–Trinajstić information content (AvgIpc) is 2.79. The molecule has 1 aromatic rings. The fourth-order valence-electron chi connectivity index (χ4n) is 5.43. The number of benzene rings is 1. The summed E-state index contributed by atoms with van der Waals surface area (Å²) in [6.07, 6.45) is 4.96. The van der Waals surface area contributed by atoms with Crippen molar-refractivity contribution in [3.63, 3.8) is 0 Å². The molecule has 2 aliphatic carbocycles. The molecule has 1 heterocycles. The molecular formula is C27H33ClO7. The lowest BCUT2D eigenvalue weighted by Gasteiger charge is -2.43. The normalized spacial score (nSPS) is 33.2. The molecule has 35 heavy (non-hydrogen) atoms. The molecule has 1 aliphatic heterocycles. The zero-order valence-electron chi connectivity index (χ0n) is 20.0. The first-order valence-electron chi connectivity index (χ1n) is 12.3. The lowest BCUT2D eigenvalue weighted by molar-refractivity contribution is -0.164. The van der Waals surface area contributed by atoms with Gasteiger partial charge < -0.3 is 24.4 Å². The van der Waals surface area contributed by atoms with E-state index in [0.717, 1.165) is 12.0 Å². The Morgan fingerprint density at radius 2 is 2.00 bits per heavy atom. The zero-order chi connectivity index (χ0) is 25.1. The third-order valence-electron chi connectivity index (χ3n) is 7.17. The van der Waals surface area contributed by atoms with E-state index >= 15 is 0 Å². The second-order valence-electron chi connectivity index (χ2n) is 9.83. The Balaban J connectivity index is 1.46. The van der Waals surface area contributed by atoms with E-state index in [-0.39, 0.29) is 36.2 Å². The molecule has 0 amide bonds. The minimum absolute atomic E-state index is 0.0406. The first-order chi connectivity index (χ1) is 16.7. The van der Waals surface area contributed by atoms with E-state index in [1.54, 1.807) is 31.2 Å². The molecule has 8 heteroatoms. The Hall–Kier alpha value is -2.35. The Morgan fingerprint density at radius 1 is 1.23 bits per heavy atom. The summed E-state index contributed by atoms with van der Waals surface area (Å²) in [4.78, 5) is 24.7. The van der Waals surface area contributed by atoms with E-state index in [9.17, 15) is 19.8 Å². The molecule has 4 rings (SSSR count). The maximum atomic E-state index is 13.0. The minimum atomic E-state index is -0.875. The average molecular weight is 505 g/mol. The number of carbonyl (C=O) groups excluding carboxylic acids is 2. The molecule has 1 saturated heterocycles. The molecule has 3 aliphatic rings. The number of carbonyl (C=O) groups is 2. The highest BCUT2D eigenvalue weighted by atomic mass is 35.5. The van der Waals surface area contributed by atoms with Gasteiger partial charge in [-0.1, -0.05) is 48.9 Å². The molecule has 8 atom stereocenters. The van der Waals surface area contributed by atoms with Gasteiger partial charge in [0.1, 0.15) is 18.0 Å². The van der Waals surface area contributed by atoms with Crippen LogP contribution in [-0.4, -0.2) is 52.7 Å². The highest BCUT2D eigenvalue weighted by Gasteiger charge is 2.43. The maximum Gasteiger partial charge on any atom is 0.347 e. The summed E-state index contributed by atoms with van der Waals surface area (Å²) in [7, 11) is 0. The van der Waals surface area contributed by atoms with E-state index in [2.05, 4.69) is 13.0 Å². The van der Waals surface area contributed by atoms with Gasteiger partial charge in [0.05, 0.1) is 23.7 Å². The number of aliphatic hydroxyl groups excluding tert-OH is 2. The van der Waals surface area contributed by atoms with Crippen LogP contribution in [0.2, 0.25) is 5.02 Å². The van der Waals surface area contributed by atoms with Gasteiger partial charge >= 0.3 is 11.9 Å². The predicted molar refractivity (Wildman–Crippen MR) is 130 cm³/mol. The standard InChI is InChI=1S/C27H33ClO7/c1-15-7-8-17-11-18(29)13-24(35-27(32)16(2)33-23-6-4-3-5-22(23)28)26(17)21(15)10-9-20-12-19(30)14-25(31)34-20/h3-8,11,15-16,18-21,24,26,29-30H,9-10,12-14H2,1-2H3/t15-,16?,18+,19+,20+,21-,24-,26-/m0/s1. The Morgan fingerprint density at radius 3 is 2.74 bits per heavy atom. The van der Waals surface area contributed by atoms with Crippen molar-refractivity contribution >= 4 is 23.5 Å². The molecule has 1 unspecified atom stereocenters. The molecule has 0 saturated carbocycles. The van der Waals surface area contributed by atoms with E-state index < -0.39 is 30.4 Å². The summed E-state index contributed by atoms with van der Waals surface area (Å²) >= 11 is 6.15. The fourth-order valence-corrected chi connectivity index (χ4v) is 5.61. The number of para-hydroxylation sites is 1. The van der Waals surface area contributed by atoms with Crippen molar-refractivity contribution in [1.29, 1.82) is 0 Å². The van der Waals surface area contributed by atoms with E-state index in [1.807, 2.05) is 12.2 Å². The van der Waals surface area contributed by atoms with Crippen LogP contribution in [-0.2, 0) is 19.1 Å². The van der Waals surface area contributed by atoms with Gasteiger partial charge in [0.15, 0.2) is 6.10 Å². The van der Waals surface area contributed by atoms with Crippen LogP contribution in [0.4, 0.5) is 0 Å². The van der Waals surface area contributed by atoms with Gasteiger partial charge in [-0.3, -0.25) is 4.79 Å². The first kappa shape index (κ1) is 25.7. The molecular weight excluding hydrogens is 472 g/mol. The summed E-state index contributed by atoms with van der Waals surface area (Å²) in [5.74, 6) is -0.262. The number of esters is 2. The van der Waals surface area contributed by atoms with Gasteiger partial charge in [0.2, 0.25) is 0 Å². The van der Waals surface area contributed by atoms with Crippen molar-refractivity contribution < 1.29 is 34.0 Å². The summed E-state index contributed by atoms with van der Waals surface area (Å²) in [5.41, 5.74) is 0.949. The Kier molecular flexibility index (Phi) is 8.19. The predicted octanol–water partition coefficient (Wildman–Crippen LogP) is 4.00. The lowest BCUT2D eigenvalue weighted by Crippen LogP contribution is -2.44. The van der Waals surface area contributed by atoms with Gasteiger partial charge in [-0.25, -0.2) is 4.79 Å². The molecule has 0 aromatic heterocycles. The number of aliphatic hydroxyl groups is 2. The maximum absolute atomic E-state index is 13.0. The van der Waals surface area contributed by atoms with Gasteiger partial charge in [0, 0.05) is 18.8 Å². The lowest BCUT2D eigenvalue weighted by atomic mass is 9.66. The van der Waals surface area contributed by atoms with Crippen LogP contribution in [0.1, 0.15) is 46.0 Å². The summed E-state index contributed by atoms with van der Waals surface area (Å²) in [5, 5.41) is 20.8. The van der Waals surface area contributed by atoms with Crippen molar-refractivity contribution in [3.05, 3.63) is 53.1 Å².